The zero-order valence-corrected chi connectivity index (χ0v) is 11.3. The van der Waals surface area contributed by atoms with Crippen molar-refractivity contribution in [3.8, 4) is 0 Å². The molecule has 0 aromatic heterocycles. The number of hydrogen-bond donors (Lipinski definition) is 1. The number of rotatable bonds is 8. The largest absolute Gasteiger partial charge is 0.333 e. The topological polar surface area (TPSA) is 78.6 Å². The van der Waals surface area contributed by atoms with Gasteiger partial charge in [0.1, 0.15) is 5.78 Å². The van der Waals surface area contributed by atoms with Crippen LogP contribution in [0.15, 0.2) is 0 Å². The van der Waals surface area contributed by atoms with Crippen LogP contribution in [0.25, 0.3) is 0 Å². The molecule has 2 N–H and O–H groups in total. The van der Waals surface area contributed by atoms with Crippen LogP contribution in [0.2, 0.25) is 0 Å². The summed E-state index contributed by atoms with van der Waals surface area (Å²) in [5, 5.41) is 0. The highest BCUT2D eigenvalue weighted by Gasteiger charge is 2.33. The molecular formula is C10H22NO4P. The molecule has 0 saturated carbocycles. The van der Waals surface area contributed by atoms with Gasteiger partial charge in [0.2, 0.25) is 0 Å². The van der Waals surface area contributed by atoms with Crippen molar-refractivity contribution < 1.29 is 18.4 Å². The van der Waals surface area contributed by atoms with Gasteiger partial charge in [-0.3, -0.25) is 9.36 Å². The molecule has 0 bridgehead atoms. The van der Waals surface area contributed by atoms with Crippen LogP contribution in [0.3, 0.4) is 0 Å². The van der Waals surface area contributed by atoms with Crippen molar-refractivity contribution in [1.82, 2.24) is 0 Å². The smallest absolute Gasteiger partial charge is 0.322 e. The summed E-state index contributed by atoms with van der Waals surface area (Å²) in [6.07, 6.45) is 0.120. The van der Waals surface area contributed by atoms with Crippen LogP contribution in [0.1, 0.15) is 34.1 Å². The highest BCUT2D eigenvalue weighted by atomic mass is 31.2. The minimum Gasteiger partial charge on any atom is -0.322 e. The number of carbonyl (C=O) groups excluding carboxylic acids is 1. The van der Waals surface area contributed by atoms with Crippen LogP contribution < -0.4 is 5.73 Å². The quantitative estimate of drug-likeness (QED) is 0.667. The molecule has 0 amide bonds. The van der Waals surface area contributed by atoms with Crippen LogP contribution in [0.4, 0.5) is 0 Å². The van der Waals surface area contributed by atoms with Crippen molar-refractivity contribution in [1.29, 1.82) is 0 Å². The third kappa shape index (κ3) is 4.74. The maximum atomic E-state index is 12.2. The molecule has 0 saturated heterocycles. The Morgan fingerprint density at radius 3 is 2.00 bits per heavy atom. The SMILES string of the molecule is CCOP(=O)(OCC)[C@H](C)CC(=O)[C@H](C)N. The molecule has 0 aliphatic heterocycles. The second kappa shape index (κ2) is 7.17. The van der Waals surface area contributed by atoms with Gasteiger partial charge in [0.15, 0.2) is 0 Å². The Kier molecular flexibility index (Phi) is 7.07. The van der Waals surface area contributed by atoms with Crippen molar-refractivity contribution in [2.24, 2.45) is 5.73 Å². The van der Waals surface area contributed by atoms with E-state index in [2.05, 4.69) is 0 Å². The molecule has 0 aromatic rings. The molecule has 6 heteroatoms. The Hall–Kier alpha value is -0.220. The van der Waals surface area contributed by atoms with Crippen LogP contribution in [0, 0.1) is 0 Å². The number of nitrogens with two attached hydrogens (primary N) is 1. The Morgan fingerprint density at radius 2 is 1.69 bits per heavy atom. The molecule has 16 heavy (non-hydrogen) atoms. The van der Waals surface area contributed by atoms with Gasteiger partial charge < -0.3 is 14.8 Å². The first-order valence-electron chi connectivity index (χ1n) is 5.54. The molecule has 2 atom stereocenters. The number of Topliss-reactive ketones (excluding diaryl/α,β-unsaturated/α-hetero) is 1. The Labute approximate surface area is 97.2 Å². The second-order valence-electron chi connectivity index (χ2n) is 3.68. The van der Waals surface area contributed by atoms with Gasteiger partial charge in [0.05, 0.1) is 24.9 Å². The molecule has 0 unspecified atom stereocenters. The van der Waals surface area contributed by atoms with E-state index in [9.17, 15) is 9.36 Å². The van der Waals surface area contributed by atoms with Crippen molar-refractivity contribution in [2.75, 3.05) is 13.2 Å². The van der Waals surface area contributed by atoms with Gasteiger partial charge in [-0.25, -0.2) is 0 Å². The molecule has 0 spiro atoms. The van der Waals surface area contributed by atoms with E-state index in [0.29, 0.717) is 13.2 Å². The summed E-state index contributed by atoms with van der Waals surface area (Å²) in [5.74, 6) is -0.132. The Morgan fingerprint density at radius 1 is 1.25 bits per heavy atom. The fourth-order valence-electron chi connectivity index (χ4n) is 1.24. The molecule has 5 nitrogen and oxygen atoms in total. The van der Waals surface area contributed by atoms with E-state index in [1.165, 1.54) is 0 Å². The van der Waals surface area contributed by atoms with E-state index >= 15 is 0 Å². The summed E-state index contributed by atoms with van der Waals surface area (Å²) >= 11 is 0. The zero-order valence-electron chi connectivity index (χ0n) is 10.4. The van der Waals surface area contributed by atoms with Gasteiger partial charge in [-0.2, -0.15) is 0 Å². The Balaban J connectivity index is 4.56. The van der Waals surface area contributed by atoms with E-state index in [1.807, 2.05) is 0 Å². The standard InChI is InChI=1S/C10H22NO4P/c1-5-14-16(13,15-6-2)8(3)7-10(12)9(4)11/h8-9H,5-7,11H2,1-4H3/t8-,9+/m1/s1. The summed E-state index contributed by atoms with van der Waals surface area (Å²) in [5.41, 5.74) is 5.00. The molecule has 0 aromatic carbocycles. The summed E-state index contributed by atoms with van der Waals surface area (Å²) in [7, 11) is -3.18. The van der Waals surface area contributed by atoms with Gasteiger partial charge in [-0.15, -0.1) is 0 Å². The highest BCUT2D eigenvalue weighted by molar-refractivity contribution is 7.54. The molecular weight excluding hydrogens is 229 g/mol. The lowest BCUT2D eigenvalue weighted by Crippen LogP contribution is -2.29. The minimum atomic E-state index is -3.18. The van der Waals surface area contributed by atoms with Crippen LogP contribution in [0.5, 0.6) is 0 Å². The van der Waals surface area contributed by atoms with E-state index < -0.39 is 19.3 Å². The van der Waals surface area contributed by atoms with Crippen molar-refractivity contribution >= 4 is 13.4 Å². The monoisotopic (exact) mass is 251 g/mol. The van der Waals surface area contributed by atoms with E-state index in [0.717, 1.165) is 0 Å². The maximum Gasteiger partial charge on any atom is 0.333 e. The lowest BCUT2D eigenvalue weighted by molar-refractivity contribution is -0.120. The normalized spacial score (nSPS) is 15.8. The first-order valence-corrected chi connectivity index (χ1v) is 7.15. The Bertz CT molecular complexity index is 258. The van der Waals surface area contributed by atoms with Gasteiger partial charge in [0.25, 0.3) is 0 Å². The molecule has 96 valence electrons. The third-order valence-electron chi connectivity index (χ3n) is 2.16. The number of hydrogen-bond acceptors (Lipinski definition) is 5. The average molecular weight is 251 g/mol. The molecule has 0 heterocycles. The van der Waals surface area contributed by atoms with Gasteiger partial charge in [-0.1, -0.05) is 6.92 Å². The maximum absolute atomic E-state index is 12.2. The molecule has 0 rings (SSSR count). The molecule has 0 aliphatic rings. The molecule has 0 fully saturated rings. The highest BCUT2D eigenvalue weighted by Crippen LogP contribution is 2.54. The summed E-state index contributed by atoms with van der Waals surface area (Å²) in [4.78, 5) is 11.5. The first kappa shape index (κ1) is 15.8. The van der Waals surface area contributed by atoms with E-state index in [4.69, 9.17) is 14.8 Å². The number of carbonyl (C=O) groups is 1. The fourth-order valence-corrected chi connectivity index (χ4v) is 2.95. The van der Waals surface area contributed by atoms with Crippen molar-refractivity contribution in [3.63, 3.8) is 0 Å². The van der Waals surface area contributed by atoms with Gasteiger partial charge in [-0.05, 0) is 20.8 Å². The average Bonchev–Trinajstić information content (AvgIpc) is 2.18. The van der Waals surface area contributed by atoms with E-state index in [1.54, 1.807) is 27.7 Å². The number of ketones is 1. The zero-order chi connectivity index (χ0) is 12.8. The predicted molar refractivity (Wildman–Crippen MR) is 63.6 cm³/mol. The van der Waals surface area contributed by atoms with E-state index in [-0.39, 0.29) is 12.2 Å². The van der Waals surface area contributed by atoms with Crippen molar-refractivity contribution in [2.45, 2.75) is 45.8 Å². The fraction of sp³-hybridized carbons (Fsp3) is 0.900. The van der Waals surface area contributed by atoms with Crippen LogP contribution >= 0.6 is 7.60 Å². The first-order chi connectivity index (χ1) is 7.37. The second-order valence-corrected chi connectivity index (χ2v) is 6.16. The summed E-state index contributed by atoms with van der Waals surface area (Å²) < 4.78 is 22.5. The lowest BCUT2D eigenvalue weighted by atomic mass is 10.1. The van der Waals surface area contributed by atoms with Crippen LogP contribution in [-0.4, -0.2) is 30.7 Å². The summed E-state index contributed by atoms with van der Waals surface area (Å²) in [6, 6.07) is -0.542. The molecule has 0 radical (unpaired) electrons. The third-order valence-corrected chi connectivity index (χ3v) is 4.66. The molecule has 0 aliphatic carbocycles. The van der Waals surface area contributed by atoms with Gasteiger partial charge >= 0.3 is 7.60 Å². The predicted octanol–water partition coefficient (Wildman–Crippen LogP) is 1.95. The lowest BCUT2D eigenvalue weighted by Gasteiger charge is -2.23. The minimum absolute atomic E-state index is 0.120. The summed E-state index contributed by atoms with van der Waals surface area (Å²) in [6.45, 7) is 7.38. The van der Waals surface area contributed by atoms with Crippen LogP contribution in [-0.2, 0) is 18.4 Å². The van der Waals surface area contributed by atoms with Gasteiger partial charge in [0, 0.05) is 6.42 Å². The van der Waals surface area contributed by atoms with Crippen molar-refractivity contribution in [3.05, 3.63) is 0 Å².